The molecule has 23 heavy (non-hydrogen) atoms. The number of carbonyl (C=O) groups excluding carboxylic acids is 1. The summed E-state index contributed by atoms with van der Waals surface area (Å²) >= 11 is 3.44. The van der Waals surface area contributed by atoms with Crippen molar-refractivity contribution in [3.05, 3.63) is 70.3 Å². The smallest absolute Gasteiger partial charge is 0.220 e. The van der Waals surface area contributed by atoms with Crippen LogP contribution < -0.4 is 5.32 Å². The van der Waals surface area contributed by atoms with Crippen molar-refractivity contribution in [3.8, 4) is 0 Å². The number of amides is 1. The summed E-state index contributed by atoms with van der Waals surface area (Å²) in [4.78, 5) is 15.2. The van der Waals surface area contributed by atoms with Gasteiger partial charge in [0.1, 0.15) is 0 Å². The molecule has 0 spiro atoms. The first-order valence-corrected chi connectivity index (χ1v) is 8.58. The first-order valence-electron chi connectivity index (χ1n) is 7.78. The van der Waals surface area contributed by atoms with Gasteiger partial charge < -0.3 is 10.3 Å². The highest BCUT2D eigenvalue weighted by Gasteiger charge is 2.05. The highest BCUT2D eigenvalue weighted by Crippen LogP contribution is 2.19. The number of H-pyrrole nitrogens is 1. The quantitative estimate of drug-likeness (QED) is 0.655. The fraction of sp³-hybridized carbons (Fsp3) is 0.211. The molecular weight excluding hydrogens is 352 g/mol. The Kier molecular flexibility index (Phi) is 5.13. The third kappa shape index (κ3) is 4.23. The summed E-state index contributed by atoms with van der Waals surface area (Å²) in [5.74, 6) is 0.102. The summed E-state index contributed by atoms with van der Waals surface area (Å²) in [7, 11) is 0. The lowest BCUT2D eigenvalue weighted by atomic mass is 10.1. The van der Waals surface area contributed by atoms with Crippen molar-refractivity contribution >= 4 is 32.7 Å². The van der Waals surface area contributed by atoms with Gasteiger partial charge in [-0.05, 0) is 42.2 Å². The minimum absolute atomic E-state index is 0.102. The Morgan fingerprint density at radius 3 is 2.87 bits per heavy atom. The number of benzene rings is 2. The Bertz CT molecular complexity index is 810. The molecule has 0 aliphatic carbocycles. The first kappa shape index (κ1) is 15.8. The minimum Gasteiger partial charge on any atom is -0.361 e. The molecule has 1 aromatic heterocycles. The van der Waals surface area contributed by atoms with E-state index in [-0.39, 0.29) is 5.91 Å². The standard InChI is InChI=1S/C19H19BrN2O/c20-16-7-3-5-14(11-16)12-22-19(23)10-4-6-15-13-21-18-9-2-1-8-17(15)18/h1-3,5,7-9,11,13,21H,4,6,10,12H2,(H,22,23). The predicted octanol–water partition coefficient (Wildman–Crippen LogP) is 4.57. The van der Waals surface area contributed by atoms with Gasteiger partial charge in [0.05, 0.1) is 0 Å². The molecule has 4 heteroatoms. The van der Waals surface area contributed by atoms with E-state index < -0.39 is 0 Å². The summed E-state index contributed by atoms with van der Waals surface area (Å²) in [5.41, 5.74) is 3.53. The number of hydrogen-bond acceptors (Lipinski definition) is 1. The van der Waals surface area contributed by atoms with Crippen molar-refractivity contribution < 1.29 is 4.79 Å². The maximum Gasteiger partial charge on any atom is 0.220 e. The van der Waals surface area contributed by atoms with Gasteiger partial charge in [-0.2, -0.15) is 0 Å². The molecule has 0 saturated heterocycles. The van der Waals surface area contributed by atoms with Crippen molar-refractivity contribution in [3.63, 3.8) is 0 Å². The van der Waals surface area contributed by atoms with E-state index in [1.54, 1.807) is 0 Å². The summed E-state index contributed by atoms with van der Waals surface area (Å²) in [6, 6.07) is 16.2. The van der Waals surface area contributed by atoms with E-state index in [2.05, 4.69) is 38.4 Å². The number of para-hydroxylation sites is 1. The Morgan fingerprint density at radius 2 is 2.00 bits per heavy atom. The van der Waals surface area contributed by atoms with E-state index in [0.29, 0.717) is 13.0 Å². The molecule has 3 aromatic rings. The van der Waals surface area contributed by atoms with Crippen LogP contribution in [0.1, 0.15) is 24.0 Å². The molecule has 0 atom stereocenters. The van der Waals surface area contributed by atoms with Crippen LogP contribution in [-0.4, -0.2) is 10.9 Å². The van der Waals surface area contributed by atoms with Crippen LogP contribution in [0.25, 0.3) is 10.9 Å². The van der Waals surface area contributed by atoms with Crippen LogP contribution in [0.3, 0.4) is 0 Å². The normalized spacial score (nSPS) is 10.8. The Labute approximate surface area is 144 Å². The number of fused-ring (bicyclic) bond motifs is 1. The van der Waals surface area contributed by atoms with Gasteiger partial charge in [0.15, 0.2) is 0 Å². The van der Waals surface area contributed by atoms with Crippen LogP contribution in [0.4, 0.5) is 0 Å². The molecule has 118 valence electrons. The van der Waals surface area contributed by atoms with E-state index in [1.165, 1.54) is 10.9 Å². The van der Waals surface area contributed by atoms with E-state index in [4.69, 9.17) is 0 Å². The second-order valence-electron chi connectivity index (χ2n) is 5.62. The first-order chi connectivity index (χ1) is 11.2. The van der Waals surface area contributed by atoms with Crippen LogP contribution in [0.5, 0.6) is 0 Å². The van der Waals surface area contributed by atoms with Gasteiger partial charge in [-0.3, -0.25) is 4.79 Å². The summed E-state index contributed by atoms with van der Waals surface area (Å²) in [5, 5.41) is 4.23. The van der Waals surface area contributed by atoms with Gasteiger partial charge >= 0.3 is 0 Å². The van der Waals surface area contributed by atoms with Crippen LogP contribution in [-0.2, 0) is 17.8 Å². The Balaban J connectivity index is 1.46. The number of aromatic nitrogens is 1. The lowest BCUT2D eigenvalue weighted by Crippen LogP contribution is -2.22. The molecule has 0 saturated carbocycles. The monoisotopic (exact) mass is 370 g/mol. The number of aromatic amines is 1. The zero-order valence-corrected chi connectivity index (χ0v) is 14.4. The molecule has 0 fully saturated rings. The Hall–Kier alpha value is -2.07. The number of carbonyl (C=O) groups is 1. The van der Waals surface area contributed by atoms with E-state index >= 15 is 0 Å². The molecule has 0 bridgehead atoms. The number of nitrogens with one attached hydrogen (secondary N) is 2. The number of halogens is 1. The maximum atomic E-state index is 12.0. The van der Waals surface area contributed by atoms with Gasteiger partial charge in [0.25, 0.3) is 0 Å². The third-order valence-corrected chi connectivity index (χ3v) is 4.40. The molecular formula is C19H19BrN2O. The number of rotatable bonds is 6. The van der Waals surface area contributed by atoms with Crippen molar-refractivity contribution in [2.75, 3.05) is 0 Å². The van der Waals surface area contributed by atoms with Crippen molar-refractivity contribution in [1.29, 1.82) is 0 Å². The molecule has 0 radical (unpaired) electrons. The average molecular weight is 371 g/mol. The average Bonchev–Trinajstić information content (AvgIpc) is 2.97. The van der Waals surface area contributed by atoms with Crippen LogP contribution in [0.15, 0.2) is 59.2 Å². The second kappa shape index (κ2) is 7.47. The van der Waals surface area contributed by atoms with E-state index in [0.717, 1.165) is 28.4 Å². The number of hydrogen-bond donors (Lipinski definition) is 2. The summed E-state index contributed by atoms with van der Waals surface area (Å²) < 4.78 is 1.03. The lowest BCUT2D eigenvalue weighted by molar-refractivity contribution is -0.121. The highest BCUT2D eigenvalue weighted by atomic mass is 79.9. The van der Waals surface area contributed by atoms with Crippen molar-refractivity contribution in [2.24, 2.45) is 0 Å². The largest absolute Gasteiger partial charge is 0.361 e. The highest BCUT2D eigenvalue weighted by molar-refractivity contribution is 9.10. The molecule has 3 rings (SSSR count). The fourth-order valence-electron chi connectivity index (χ4n) is 2.71. The Morgan fingerprint density at radius 1 is 1.13 bits per heavy atom. The van der Waals surface area contributed by atoms with Gasteiger partial charge in [-0.25, -0.2) is 0 Å². The van der Waals surface area contributed by atoms with Crippen LogP contribution in [0, 0.1) is 0 Å². The van der Waals surface area contributed by atoms with Crippen LogP contribution in [0.2, 0.25) is 0 Å². The van der Waals surface area contributed by atoms with E-state index in [9.17, 15) is 4.79 Å². The predicted molar refractivity (Wildman–Crippen MR) is 97.2 cm³/mol. The van der Waals surface area contributed by atoms with E-state index in [1.807, 2.05) is 42.6 Å². The molecule has 2 N–H and O–H groups in total. The lowest BCUT2D eigenvalue weighted by Gasteiger charge is -2.06. The SMILES string of the molecule is O=C(CCCc1c[nH]c2ccccc12)NCc1cccc(Br)c1. The molecule has 2 aromatic carbocycles. The van der Waals surface area contributed by atoms with Crippen molar-refractivity contribution in [2.45, 2.75) is 25.8 Å². The zero-order chi connectivity index (χ0) is 16.1. The fourth-order valence-corrected chi connectivity index (χ4v) is 3.16. The number of aryl methyl sites for hydroxylation is 1. The maximum absolute atomic E-state index is 12.0. The minimum atomic E-state index is 0.102. The van der Waals surface area contributed by atoms with Gasteiger partial charge in [0, 0.05) is 34.5 Å². The molecule has 3 nitrogen and oxygen atoms in total. The molecule has 0 aliphatic rings. The summed E-state index contributed by atoms with van der Waals surface area (Å²) in [6.45, 7) is 0.575. The molecule has 0 aliphatic heterocycles. The van der Waals surface area contributed by atoms with Crippen LogP contribution >= 0.6 is 15.9 Å². The zero-order valence-electron chi connectivity index (χ0n) is 12.8. The second-order valence-corrected chi connectivity index (χ2v) is 6.54. The molecule has 1 amide bonds. The van der Waals surface area contributed by atoms with Gasteiger partial charge in [-0.15, -0.1) is 0 Å². The van der Waals surface area contributed by atoms with Crippen molar-refractivity contribution in [1.82, 2.24) is 10.3 Å². The topological polar surface area (TPSA) is 44.9 Å². The summed E-state index contributed by atoms with van der Waals surface area (Å²) in [6.07, 6.45) is 4.36. The van der Waals surface area contributed by atoms with Gasteiger partial charge in [-0.1, -0.05) is 46.3 Å². The molecule has 0 unspecified atom stereocenters. The molecule has 1 heterocycles. The van der Waals surface area contributed by atoms with Gasteiger partial charge in [0.2, 0.25) is 5.91 Å². The third-order valence-electron chi connectivity index (χ3n) is 3.90.